The number of hydrogen-bond acceptors (Lipinski definition) is 3. The molecule has 1 aromatic rings. The summed E-state index contributed by atoms with van der Waals surface area (Å²) in [5.74, 6) is 0.675. The fourth-order valence-electron chi connectivity index (χ4n) is 1.75. The van der Waals surface area contributed by atoms with Crippen molar-refractivity contribution in [3.63, 3.8) is 0 Å². The second kappa shape index (κ2) is 6.69. The van der Waals surface area contributed by atoms with E-state index in [1.807, 2.05) is 18.9 Å². The molecule has 0 aliphatic heterocycles. The quantitative estimate of drug-likeness (QED) is 0.845. The Labute approximate surface area is 109 Å². The van der Waals surface area contributed by atoms with Gasteiger partial charge < -0.3 is 10.2 Å². The molecule has 1 heterocycles. The first-order chi connectivity index (χ1) is 8.49. The first-order valence-corrected chi connectivity index (χ1v) is 6.55. The fourth-order valence-corrected chi connectivity index (χ4v) is 1.75. The van der Waals surface area contributed by atoms with Crippen LogP contribution in [0.25, 0.3) is 0 Å². The molecule has 0 spiro atoms. The third kappa shape index (κ3) is 3.42. The Bertz CT molecular complexity index is 379. The van der Waals surface area contributed by atoms with Crippen LogP contribution in [0.3, 0.4) is 0 Å². The number of anilines is 1. The van der Waals surface area contributed by atoms with Crippen molar-refractivity contribution in [3.8, 4) is 0 Å². The Kier molecular flexibility index (Phi) is 5.54. The third-order valence-corrected chi connectivity index (χ3v) is 3.43. The molecule has 18 heavy (non-hydrogen) atoms. The number of nitrogens with one attached hydrogen (secondary N) is 1. The van der Waals surface area contributed by atoms with Crippen LogP contribution >= 0.6 is 0 Å². The van der Waals surface area contributed by atoms with Gasteiger partial charge in [-0.1, -0.05) is 20.8 Å². The van der Waals surface area contributed by atoms with E-state index in [-0.39, 0.29) is 11.9 Å². The number of nitrogens with zero attached hydrogens (tertiary/aromatic N) is 2. The van der Waals surface area contributed by atoms with Crippen molar-refractivity contribution in [2.75, 3.05) is 18.5 Å². The normalized spacial score (nSPS) is 12.8. The third-order valence-electron chi connectivity index (χ3n) is 3.43. The van der Waals surface area contributed by atoms with Gasteiger partial charge in [-0.15, -0.1) is 0 Å². The Morgan fingerprint density at radius 1 is 1.39 bits per heavy atom. The van der Waals surface area contributed by atoms with E-state index in [4.69, 9.17) is 0 Å². The van der Waals surface area contributed by atoms with Gasteiger partial charge in [-0.3, -0.25) is 0 Å². The van der Waals surface area contributed by atoms with E-state index in [1.165, 1.54) is 0 Å². The highest BCUT2D eigenvalue weighted by Gasteiger charge is 2.19. The molecule has 3 nitrogen and oxygen atoms in total. The molecule has 0 fully saturated rings. The summed E-state index contributed by atoms with van der Waals surface area (Å²) in [5, 5.41) is 3.14. The number of hydrogen-bond donors (Lipinski definition) is 1. The average molecular weight is 253 g/mol. The highest BCUT2D eigenvalue weighted by atomic mass is 19.1. The molecule has 0 amide bonds. The van der Waals surface area contributed by atoms with Crippen molar-refractivity contribution < 1.29 is 4.39 Å². The molecule has 1 aromatic heterocycles. The lowest BCUT2D eigenvalue weighted by Gasteiger charge is -2.29. The lowest BCUT2D eigenvalue weighted by molar-refractivity contribution is 0.490. The molecular weight excluding hydrogens is 229 g/mol. The maximum atomic E-state index is 14.3. The molecule has 1 N–H and O–H groups in total. The highest BCUT2D eigenvalue weighted by Crippen LogP contribution is 2.22. The highest BCUT2D eigenvalue weighted by molar-refractivity contribution is 5.43. The summed E-state index contributed by atoms with van der Waals surface area (Å²) >= 11 is 0. The zero-order chi connectivity index (χ0) is 13.7. The summed E-state index contributed by atoms with van der Waals surface area (Å²) in [6.07, 6.45) is 1.68. The van der Waals surface area contributed by atoms with E-state index in [0.717, 1.165) is 6.54 Å². The molecule has 0 bridgehead atoms. The van der Waals surface area contributed by atoms with E-state index in [2.05, 4.69) is 31.1 Å². The lowest BCUT2D eigenvalue weighted by atomic mass is 10.1. The topological polar surface area (TPSA) is 28.2 Å². The lowest BCUT2D eigenvalue weighted by Crippen LogP contribution is -2.34. The number of rotatable bonds is 6. The first-order valence-electron chi connectivity index (χ1n) is 6.55. The number of halogens is 1. The molecule has 0 saturated heterocycles. The van der Waals surface area contributed by atoms with Gasteiger partial charge in [-0.25, -0.2) is 9.37 Å². The zero-order valence-electron chi connectivity index (χ0n) is 12.0. The van der Waals surface area contributed by atoms with E-state index in [0.29, 0.717) is 23.8 Å². The minimum atomic E-state index is -0.214. The van der Waals surface area contributed by atoms with Crippen LogP contribution in [0.4, 0.5) is 10.2 Å². The molecule has 1 atom stereocenters. The van der Waals surface area contributed by atoms with Gasteiger partial charge in [-0.2, -0.15) is 0 Å². The van der Waals surface area contributed by atoms with Crippen LogP contribution in [0.5, 0.6) is 0 Å². The minimum Gasteiger partial charge on any atom is -0.354 e. The Hall–Kier alpha value is -1.16. The van der Waals surface area contributed by atoms with Crippen LogP contribution in [0.1, 0.15) is 33.3 Å². The van der Waals surface area contributed by atoms with Gasteiger partial charge in [0.1, 0.15) is 0 Å². The maximum Gasteiger partial charge on any atom is 0.170 e. The SMILES string of the molecule is CCNCc1ccnc(N(C)C(C)C(C)C)c1F. The van der Waals surface area contributed by atoms with E-state index in [1.54, 1.807) is 12.3 Å². The molecule has 0 aliphatic rings. The van der Waals surface area contributed by atoms with Crippen LogP contribution in [-0.4, -0.2) is 24.6 Å². The summed E-state index contributed by atoms with van der Waals surface area (Å²) in [7, 11) is 1.90. The van der Waals surface area contributed by atoms with E-state index >= 15 is 0 Å². The Morgan fingerprint density at radius 2 is 2.06 bits per heavy atom. The van der Waals surface area contributed by atoms with Gasteiger partial charge in [0.05, 0.1) is 0 Å². The van der Waals surface area contributed by atoms with Gasteiger partial charge in [0.15, 0.2) is 11.6 Å². The van der Waals surface area contributed by atoms with E-state index in [9.17, 15) is 4.39 Å². The maximum absolute atomic E-state index is 14.3. The molecule has 1 rings (SSSR count). The van der Waals surface area contributed by atoms with Gasteiger partial charge in [0.25, 0.3) is 0 Å². The predicted molar refractivity (Wildman–Crippen MR) is 74.3 cm³/mol. The average Bonchev–Trinajstić information content (AvgIpc) is 2.35. The zero-order valence-corrected chi connectivity index (χ0v) is 12.0. The molecule has 0 aromatic carbocycles. The molecule has 102 valence electrons. The van der Waals surface area contributed by atoms with Crippen LogP contribution in [-0.2, 0) is 6.54 Å². The Morgan fingerprint density at radius 3 is 2.61 bits per heavy atom. The monoisotopic (exact) mass is 253 g/mol. The summed E-state index contributed by atoms with van der Waals surface area (Å²) in [6.45, 7) is 9.72. The van der Waals surface area contributed by atoms with Crippen molar-refractivity contribution in [2.45, 2.75) is 40.3 Å². The van der Waals surface area contributed by atoms with Crippen molar-refractivity contribution >= 4 is 5.82 Å². The second-order valence-corrected chi connectivity index (χ2v) is 4.98. The summed E-state index contributed by atoms with van der Waals surface area (Å²) in [4.78, 5) is 6.09. The molecule has 0 saturated carbocycles. The standard InChI is InChI=1S/C14H24FN3/c1-6-16-9-12-7-8-17-14(13(12)15)18(5)11(4)10(2)3/h7-8,10-11,16H,6,9H2,1-5H3. The molecule has 4 heteroatoms. The minimum absolute atomic E-state index is 0.214. The fraction of sp³-hybridized carbons (Fsp3) is 0.643. The molecule has 0 aliphatic carbocycles. The van der Waals surface area contributed by atoms with Gasteiger partial charge in [-0.05, 0) is 25.5 Å². The molecular formula is C14H24FN3. The summed E-state index contributed by atoms with van der Waals surface area (Å²) in [5.41, 5.74) is 0.671. The summed E-state index contributed by atoms with van der Waals surface area (Å²) in [6, 6.07) is 1.98. The molecule has 1 unspecified atom stereocenters. The van der Waals surface area contributed by atoms with Crippen LogP contribution < -0.4 is 10.2 Å². The van der Waals surface area contributed by atoms with Crippen LogP contribution in [0.15, 0.2) is 12.3 Å². The second-order valence-electron chi connectivity index (χ2n) is 4.98. The summed E-state index contributed by atoms with van der Waals surface area (Å²) < 4.78 is 14.3. The largest absolute Gasteiger partial charge is 0.354 e. The number of aromatic nitrogens is 1. The van der Waals surface area contributed by atoms with Gasteiger partial charge >= 0.3 is 0 Å². The Balaban J connectivity index is 2.95. The smallest absolute Gasteiger partial charge is 0.170 e. The molecule has 0 radical (unpaired) electrons. The van der Waals surface area contributed by atoms with Crippen molar-refractivity contribution in [3.05, 3.63) is 23.6 Å². The first kappa shape index (κ1) is 14.9. The van der Waals surface area contributed by atoms with Crippen molar-refractivity contribution in [2.24, 2.45) is 5.92 Å². The van der Waals surface area contributed by atoms with Crippen molar-refractivity contribution in [1.29, 1.82) is 0 Å². The van der Waals surface area contributed by atoms with Gasteiger partial charge in [0.2, 0.25) is 0 Å². The van der Waals surface area contributed by atoms with Crippen molar-refractivity contribution in [1.82, 2.24) is 10.3 Å². The van der Waals surface area contributed by atoms with E-state index < -0.39 is 0 Å². The van der Waals surface area contributed by atoms with Crippen LogP contribution in [0.2, 0.25) is 0 Å². The number of pyridine rings is 1. The predicted octanol–water partition coefficient (Wildman–Crippen LogP) is 2.81. The van der Waals surface area contributed by atoms with Gasteiger partial charge in [0, 0.05) is 31.4 Å². The van der Waals surface area contributed by atoms with Crippen LogP contribution in [0, 0.1) is 11.7 Å².